The lowest BCUT2D eigenvalue weighted by Crippen LogP contribution is -2.38. The zero-order valence-electron chi connectivity index (χ0n) is 17.2. The molecule has 0 aliphatic carbocycles. The molecule has 0 saturated carbocycles. The van der Waals surface area contributed by atoms with Crippen molar-refractivity contribution in [3.05, 3.63) is 29.8 Å². The summed E-state index contributed by atoms with van der Waals surface area (Å²) in [6.45, 7) is 11.5. The van der Waals surface area contributed by atoms with Crippen LogP contribution in [0.25, 0.3) is 0 Å². The Morgan fingerprint density at radius 1 is 1.26 bits per heavy atom. The zero-order valence-corrected chi connectivity index (χ0v) is 17.2. The van der Waals surface area contributed by atoms with Crippen LogP contribution in [0.15, 0.2) is 29.3 Å². The maximum Gasteiger partial charge on any atom is 0.191 e. The van der Waals surface area contributed by atoms with Gasteiger partial charge in [0.25, 0.3) is 0 Å². The van der Waals surface area contributed by atoms with Gasteiger partial charge in [0, 0.05) is 39.8 Å². The highest BCUT2D eigenvalue weighted by molar-refractivity contribution is 5.79. The molecule has 27 heavy (non-hydrogen) atoms. The molecule has 0 bridgehead atoms. The molecule has 0 amide bonds. The lowest BCUT2D eigenvalue weighted by atomic mass is 10.1. The van der Waals surface area contributed by atoms with E-state index in [9.17, 15) is 0 Å². The quantitative estimate of drug-likeness (QED) is 0.373. The highest BCUT2D eigenvalue weighted by atomic mass is 16.5. The van der Waals surface area contributed by atoms with E-state index in [-0.39, 0.29) is 0 Å². The van der Waals surface area contributed by atoms with Gasteiger partial charge in [0.1, 0.15) is 12.4 Å². The lowest BCUT2D eigenvalue weighted by molar-refractivity contribution is 0.0322. The van der Waals surface area contributed by atoms with Crippen molar-refractivity contribution in [2.75, 3.05) is 53.0 Å². The van der Waals surface area contributed by atoms with Crippen LogP contribution in [0.2, 0.25) is 0 Å². The average molecular weight is 377 g/mol. The minimum atomic E-state index is 0.704. The van der Waals surface area contributed by atoms with Crippen LogP contribution in [0.3, 0.4) is 0 Å². The van der Waals surface area contributed by atoms with Gasteiger partial charge in [-0.25, -0.2) is 0 Å². The fourth-order valence-electron chi connectivity index (χ4n) is 2.99. The van der Waals surface area contributed by atoms with E-state index in [1.807, 2.05) is 19.2 Å². The molecule has 0 unspecified atom stereocenters. The highest BCUT2D eigenvalue weighted by Gasteiger charge is 2.09. The molecule has 0 spiro atoms. The minimum Gasteiger partial charge on any atom is -0.492 e. The van der Waals surface area contributed by atoms with Gasteiger partial charge in [0.2, 0.25) is 0 Å². The highest BCUT2D eigenvalue weighted by Crippen LogP contribution is 2.13. The number of aliphatic imine (C=N–C) groups is 1. The molecule has 1 aliphatic rings. The molecule has 2 rings (SSSR count). The molecular weight excluding hydrogens is 340 g/mol. The predicted molar refractivity (Wildman–Crippen MR) is 111 cm³/mol. The molecule has 6 nitrogen and oxygen atoms in total. The molecule has 1 aliphatic heterocycles. The molecule has 1 aromatic carbocycles. The molecule has 0 radical (unpaired) electrons. The lowest BCUT2D eigenvalue weighted by Gasteiger charge is -2.26. The summed E-state index contributed by atoms with van der Waals surface area (Å²) >= 11 is 0. The van der Waals surface area contributed by atoms with Crippen LogP contribution < -0.4 is 15.4 Å². The van der Waals surface area contributed by atoms with Crippen molar-refractivity contribution >= 4 is 5.96 Å². The number of nitrogens with one attached hydrogen (secondary N) is 2. The molecule has 1 aromatic rings. The Labute approximate surface area is 164 Å². The number of morpholine rings is 1. The van der Waals surface area contributed by atoms with Gasteiger partial charge in [-0.1, -0.05) is 26.0 Å². The molecule has 1 heterocycles. The average Bonchev–Trinajstić information content (AvgIpc) is 2.68. The van der Waals surface area contributed by atoms with Gasteiger partial charge >= 0.3 is 0 Å². The van der Waals surface area contributed by atoms with Gasteiger partial charge in [-0.05, 0) is 36.5 Å². The van der Waals surface area contributed by atoms with Gasteiger partial charge < -0.3 is 20.1 Å². The Morgan fingerprint density at radius 2 is 2.07 bits per heavy atom. The van der Waals surface area contributed by atoms with Crippen LogP contribution in [-0.4, -0.2) is 63.9 Å². The first kappa shape index (κ1) is 21.5. The number of ether oxygens (including phenoxy) is 2. The normalized spacial score (nSPS) is 15.8. The van der Waals surface area contributed by atoms with Crippen LogP contribution in [-0.2, 0) is 11.3 Å². The van der Waals surface area contributed by atoms with Crippen molar-refractivity contribution in [3.8, 4) is 5.75 Å². The SMILES string of the molecule is CN=C(NCCCC(C)C)NCc1cccc(OCCN2CCOCC2)c1. The van der Waals surface area contributed by atoms with Crippen LogP contribution in [0.5, 0.6) is 5.75 Å². The summed E-state index contributed by atoms with van der Waals surface area (Å²) in [5.74, 6) is 2.51. The fourth-order valence-corrected chi connectivity index (χ4v) is 2.99. The number of rotatable bonds is 10. The van der Waals surface area contributed by atoms with Crippen molar-refractivity contribution in [2.45, 2.75) is 33.2 Å². The summed E-state index contributed by atoms with van der Waals surface area (Å²) in [6.07, 6.45) is 2.39. The molecule has 152 valence electrons. The molecule has 1 fully saturated rings. The van der Waals surface area contributed by atoms with Crippen molar-refractivity contribution in [2.24, 2.45) is 10.9 Å². The summed E-state index contributed by atoms with van der Waals surface area (Å²) in [7, 11) is 1.81. The third-order valence-electron chi connectivity index (χ3n) is 4.61. The number of benzene rings is 1. The van der Waals surface area contributed by atoms with Crippen molar-refractivity contribution < 1.29 is 9.47 Å². The van der Waals surface area contributed by atoms with E-state index in [4.69, 9.17) is 9.47 Å². The Bertz CT molecular complexity index is 557. The van der Waals surface area contributed by atoms with Crippen molar-refractivity contribution in [1.29, 1.82) is 0 Å². The maximum atomic E-state index is 5.93. The van der Waals surface area contributed by atoms with Gasteiger partial charge in [-0.2, -0.15) is 0 Å². The molecule has 0 atom stereocenters. The van der Waals surface area contributed by atoms with Crippen molar-refractivity contribution in [3.63, 3.8) is 0 Å². The van der Waals surface area contributed by atoms with E-state index < -0.39 is 0 Å². The third-order valence-corrected chi connectivity index (χ3v) is 4.61. The second kappa shape index (κ2) is 12.6. The largest absolute Gasteiger partial charge is 0.492 e. The third kappa shape index (κ3) is 9.11. The maximum absolute atomic E-state index is 5.93. The van der Waals surface area contributed by atoms with E-state index >= 15 is 0 Å². The molecule has 1 saturated heterocycles. The minimum absolute atomic E-state index is 0.704. The summed E-state index contributed by atoms with van der Waals surface area (Å²) in [6, 6.07) is 8.26. The zero-order chi connectivity index (χ0) is 19.3. The van der Waals surface area contributed by atoms with E-state index in [1.54, 1.807) is 0 Å². The smallest absolute Gasteiger partial charge is 0.191 e. The van der Waals surface area contributed by atoms with Gasteiger partial charge in [0.05, 0.1) is 13.2 Å². The van der Waals surface area contributed by atoms with Gasteiger partial charge in [-0.15, -0.1) is 0 Å². The topological polar surface area (TPSA) is 58.1 Å². The second-order valence-corrected chi connectivity index (χ2v) is 7.34. The summed E-state index contributed by atoms with van der Waals surface area (Å²) < 4.78 is 11.3. The summed E-state index contributed by atoms with van der Waals surface area (Å²) in [5, 5.41) is 6.74. The number of hydrogen-bond acceptors (Lipinski definition) is 4. The molecule has 6 heteroatoms. The first-order chi connectivity index (χ1) is 13.2. The Kier molecular flexibility index (Phi) is 10.0. The van der Waals surface area contributed by atoms with E-state index in [2.05, 4.69) is 46.5 Å². The fraction of sp³-hybridized carbons (Fsp3) is 0.667. The number of guanidine groups is 1. The molecular formula is C21H36N4O2. The van der Waals surface area contributed by atoms with Crippen LogP contribution >= 0.6 is 0 Å². The monoisotopic (exact) mass is 376 g/mol. The Morgan fingerprint density at radius 3 is 2.81 bits per heavy atom. The van der Waals surface area contributed by atoms with Crippen LogP contribution in [0.4, 0.5) is 0 Å². The van der Waals surface area contributed by atoms with Crippen LogP contribution in [0.1, 0.15) is 32.3 Å². The van der Waals surface area contributed by atoms with Gasteiger partial charge in [-0.3, -0.25) is 9.89 Å². The molecule has 0 aromatic heterocycles. The summed E-state index contributed by atoms with van der Waals surface area (Å²) in [5.41, 5.74) is 1.18. The molecule has 2 N–H and O–H groups in total. The van der Waals surface area contributed by atoms with E-state index in [0.717, 1.165) is 70.0 Å². The van der Waals surface area contributed by atoms with E-state index in [1.165, 1.54) is 12.0 Å². The first-order valence-electron chi connectivity index (χ1n) is 10.1. The first-order valence-corrected chi connectivity index (χ1v) is 10.1. The van der Waals surface area contributed by atoms with Crippen molar-refractivity contribution in [1.82, 2.24) is 15.5 Å². The Balaban J connectivity index is 1.69. The standard InChI is InChI=1S/C21H36N4O2/c1-18(2)6-5-9-23-21(22-3)24-17-19-7-4-8-20(16-19)27-15-12-25-10-13-26-14-11-25/h4,7-8,16,18H,5-6,9-15,17H2,1-3H3,(H2,22,23,24). The number of hydrogen-bond donors (Lipinski definition) is 2. The van der Waals surface area contributed by atoms with E-state index in [0.29, 0.717) is 6.61 Å². The van der Waals surface area contributed by atoms with Crippen LogP contribution in [0, 0.1) is 5.92 Å². The van der Waals surface area contributed by atoms with Gasteiger partial charge in [0.15, 0.2) is 5.96 Å². The second-order valence-electron chi connectivity index (χ2n) is 7.34. The predicted octanol–water partition coefficient (Wildman–Crippen LogP) is 2.50. The Hall–Kier alpha value is -1.79. The number of nitrogens with zero attached hydrogens (tertiary/aromatic N) is 2. The summed E-state index contributed by atoms with van der Waals surface area (Å²) in [4.78, 5) is 6.67.